The number of carbonyl (C=O) groups is 4. The van der Waals surface area contributed by atoms with Gasteiger partial charge >= 0.3 is 17.9 Å². The molecule has 1 aromatic rings. The first kappa shape index (κ1) is 58.1. The van der Waals surface area contributed by atoms with Crippen LogP contribution in [0.25, 0.3) is 0 Å². The van der Waals surface area contributed by atoms with Crippen LogP contribution in [0.4, 0.5) is 0 Å². The maximum atomic E-state index is 13.4. The molecular formula is C40H66N2O18S4. The Labute approximate surface area is 389 Å². The summed E-state index contributed by atoms with van der Waals surface area (Å²) in [6.45, 7) is 5.28. The lowest BCUT2D eigenvalue weighted by Gasteiger charge is -2.42. The molecule has 1 saturated heterocycles. The van der Waals surface area contributed by atoms with Gasteiger partial charge in [-0.25, -0.2) is 4.98 Å². The molecule has 24 heteroatoms. The maximum Gasteiger partial charge on any atom is 0.309 e. The summed E-state index contributed by atoms with van der Waals surface area (Å²) in [7, 11) is 5.57. The van der Waals surface area contributed by atoms with Crippen molar-refractivity contribution in [2.24, 2.45) is 29.6 Å². The SMILES string of the molecule is CC(C)CC(CC(CC(C(=O)OCCSSc1ccccn1)C(C)C)C(=O)OCCO)C(=O)OCCSSCCNC(=O)[C@H](O)[C@@H](O)C(O[C@@H]1O[C@H](CO)[C@H](O)[C@H](O)[C@H]1O)[C@H](O)CO. The molecule has 0 spiro atoms. The number of aromatic nitrogens is 1. The van der Waals surface area contributed by atoms with Crippen LogP contribution in [0.2, 0.25) is 0 Å². The third kappa shape index (κ3) is 20.5. The van der Waals surface area contributed by atoms with E-state index in [0.29, 0.717) is 23.7 Å². The molecule has 1 aliphatic heterocycles. The second-order valence-electron chi connectivity index (χ2n) is 15.6. The van der Waals surface area contributed by atoms with E-state index in [2.05, 4.69) is 10.3 Å². The minimum atomic E-state index is -2.20. The summed E-state index contributed by atoms with van der Waals surface area (Å²) in [5, 5.41) is 93.2. The number of hydrogen-bond acceptors (Lipinski definition) is 23. The number of aliphatic hydroxyl groups excluding tert-OH is 9. The summed E-state index contributed by atoms with van der Waals surface area (Å²) >= 11 is 0. The van der Waals surface area contributed by atoms with Crippen molar-refractivity contribution in [2.45, 2.75) is 107 Å². The minimum Gasteiger partial charge on any atom is -0.465 e. The van der Waals surface area contributed by atoms with Gasteiger partial charge in [0.25, 0.3) is 5.91 Å². The zero-order valence-electron chi connectivity index (χ0n) is 36.4. The number of aliphatic hydroxyl groups is 9. The highest BCUT2D eigenvalue weighted by Gasteiger charge is 2.47. The molecule has 4 unspecified atom stereocenters. The average Bonchev–Trinajstić information content (AvgIpc) is 3.27. The number of carbonyl (C=O) groups excluding carboxylic acids is 4. The Balaban J connectivity index is 1.88. The quantitative estimate of drug-likeness (QED) is 0.0189. The highest BCUT2D eigenvalue weighted by atomic mass is 33.1. The molecule has 10 N–H and O–H groups in total. The van der Waals surface area contributed by atoms with Crippen LogP contribution in [0.5, 0.6) is 0 Å². The van der Waals surface area contributed by atoms with Gasteiger partial charge in [0, 0.05) is 30.0 Å². The number of ether oxygens (including phenoxy) is 5. The lowest BCUT2D eigenvalue weighted by Crippen LogP contribution is -2.62. The first-order valence-corrected chi connectivity index (χ1v) is 25.7. The fourth-order valence-electron chi connectivity index (χ4n) is 6.39. The topological polar surface area (TPSA) is 321 Å². The second kappa shape index (κ2) is 31.9. The van der Waals surface area contributed by atoms with Gasteiger partial charge in [-0.3, -0.25) is 19.2 Å². The van der Waals surface area contributed by atoms with Crippen molar-refractivity contribution < 1.29 is 88.8 Å². The van der Waals surface area contributed by atoms with E-state index >= 15 is 0 Å². The Hall–Kier alpha value is -2.01. The summed E-state index contributed by atoms with van der Waals surface area (Å²) in [5.74, 6) is -3.91. The number of pyridine rings is 1. The molecule has 1 amide bonds. The lowest BCUT2D eigenvalue weighted by atomic mass is 9.80. The largest absolute Gasteiger partial charge is 0.465 e. The first-order chi connectivity index (χ1) is 30.5. The average molecular weight is 991 g/mol. The van der Waals surface area contributed by atoms with Crippen LogP contribution in [0, 0.1) is 29.6 Å². The van der Waals surface area contributed by atoms with Crippen molar-refractivity contribution >= 4 is 67.0 Å². The third-order valence-electron chi connectivity index (χ3n) is 9.78. The molecule has 1 aliphatic rings. The Bertz CT molecular complexity index is 1490. The van der Waals surface area contributed by atoms with E-state index < -0.39 is 117 Å². The molecule has 0 bridgehead atoms. The smallest absolute Gasteiger partial charge is 0.309 e. The highest BCUT2D eigenvalue weighted by Crippen LogP contribution is 2.32. The van der Waals surface area contributed by atoms with Crippen LogP contribution < -0.4 is 5.32 Å². The second-order valence-corrected chi connectivity index (χ2v) is 20.7. The zero-order chi connectivity index (χ0) is 47.8. The van der Waals surface area contributed by atoms with Crippen molar-refractivity contribution in [3.05, 3.63) is 24.4 Å². The molecule has 0 saturated carbocycles. The van der Waals surface area contributed by atoms with E-state index in [1.165, 1.54) is 43.2 Å². The van der Waals surface area contributed by atoms with Gasteiger partial charge in [0.1, 0.15) is 67.6 Å². The summed E-state index contributed by atoms with van der Waals surface area (Å²) in [5.41, 5.74) is 0. The van der Waals surface area contributed by atoms with Gasteiger partial charge < -0.3 is 75.0 Å². The minimum absolute atomic E-state index is 0.00000731. The van der Waals surface area contributed by atoms with E-state index in [9.17, 15) is 65.1 Å². The predicted molar refractivity (Wildman–Crippen MR) is 238 cm³/mol. The summed E-state index contributed by atoms with van der Waals surface area (Å²) < 4.78 is 27.0. The molecular weight excluding hydrogens is 925 g/mol. The van der Waals surface area contributed by atoms with Gasteiger partial charge in [-0.05, 0) is 54.0 Å². The van der Waals surface area contributed by atoms with E-state index in [4.69, 9.17) is 23.7 Å². The van der Waals surface area contributed by atoms with Crippen LogP contribution >= 0.6 is 43.2 Å². The van der Waals surface area contributed by atoms with Gasteiger partial charge in [0.05, 0.1) is 37.6 Å². The zero-order valence-corrected chi connectivity index (χ0v) is 39.6. The lowest BCUT2D eigenvalue weighted by molar-refractivity contribution is -0.326. The fourth-order valence-corrected chi connectivity index (χ4v) is 9.83. The van der Waals surface area contributed by atoms with Crippen molar-refractivity contribution in [3.8, 4) is 0 Å². The first-order valence-electron chi connectivity index (χ1n) is 20.9. The van der Waals surface area contributed by atoms with Gasteiger partial charge in [0.2, 0.25) is 0 Å². The Morgan fingerprint density at radius 2 is 1.41 bits per heavy atom. The van der Waals surface area contributed by atoms with Gasteiger partial charge in [-0.15, -0.1) is 0 Å². The van der Waals surface area contributed by atoms with Crippen LogP contribution in [0.15, 0.2) is 29.4 Å². The summed E-state index contributed by atoms with van der Waals surface area (Å²) in [6, 6.07) is 5.58. The third-order valence-corrected chi connectivity index (χ3v) is 14.4. The Morgan fingerprint density at radius 1 is 0.781 bits per heavy atom. The molecule has 1 aromatic heterocycles. The number of rotatable bonds is 32. The molecule has 0 aromatic carbocycles. The molecule has 2 heterocycles. The van der Waals surface area contributed by atoms with Gasteiger partial charge in [-0.1, -0.05) is 66.1 Å². The van der Waals surface area contributed by atoms with Gasteiger partial charge in [0.15, 0.2) is 12.4 Å². The molecule has 368 valence electrons. The number of hydrogen-bond donors (Lipinski definition) is 10. The Morgan fingerprint density at radius 3 is 2.00 bits per heavy atom. The number of amides is 1. The van der Waals surface area contributed by atoms with Crippen LogP contribution in [0.1, 0.15) is 47.0 Å². The number of nitrogens with zero attached hydrogens (tertiary/aromatic N) is 1. The molecule has 20 nitrogen and oxygen atoms in total. The summed E-state index contributed by atoms with van der Waals surface area (Å²) in [6.07, 6.45) is -14.8. The van der Waals surface area contributed by atoms with Crippen molar-refractivity contribution in [1.29, 1.82) is 0 Å². The van der Waals surface area contributed by atoms with Crippen molar-refractivity contribution in [1.82, 2.24) is 10.3 Å². The van der Waals surface area contributed by atoms with Crippen LogP contribution in [-0.4, -0.2) is 193 Å². The Kier molecular flexibility index (Phi) is 28.9. The molecule has 0 radical (unpaired) electrons. The molecule has 2 rings (SSSR count). The van der Waals surface area contributed by atoms with E-state index in [1.807, 2.05) is 45.9 Å². The van der Waals surface area contributed by atoms with E-state index in [0.717, 1.165) is 5.03 Å². The van der Waals surface area contributed by atoms with Gasteiger partial charge in [-0.2, -0.15) is 0 Å². The molecule has 0 aliphatic carbocycles. The van der Waals surface area contributed by atoms with Crippen LogP contribution in [0.3, 0.4) is 0 Å². The molecule has 12 atom stereocenters. The van der Waals surface area contributed by atoms with E-state index in [1.54, 1.807) is 6.20 Å². The highest BCUT2D eigenvalue weighted by molar-refractivity contribution is 8.77. The predicted octanol–water partition coefficient (Wildman–Crippen LogP) is -0.468. The maximum absolute atomic E-state index is 13.4. The van der Waals surface area contributed by atoms with E-state index in [-0.39, 0.29) is 51.0 Å². The molecule has 1 fully saturated rings. The van der Waals surface area contributed by atoms with Crippen LogP contribution in [-0.2, 0) is 42.9 Å². The normalized spacial score (nSPS) is 22.2. The monoisotopic (exact) mass is 990 g/mol. The number of nitrogens with one attached hydrogen (secondary N) is 1. The standard InChI is InChI=1S/C40H66N2O18S4/c1-22(2)17-24(18-25(38(54)56-11-10-43)19-26(23(3)4)39(55)58-13-16-63-64-29-7-5-6-8-41-29)37(53)57-12-15-62-61-14-9-42-36(52)33(50)32(49)35(27(46)20-44)60-40-34(51)31(48)30(47)28(21-45)59-40/h5-8,22-28,30-35,40,43-51H,9-21H2,1-4H3,(H,42,52)/t24?,25?,26?,27-,28-,30+,31+,32-,33-,34-,35?,40+/m1/s1. The molecule has 64 heavy (non-hydrogen) atoms. The fraction of sp³-hybridized carbons (Fsp3) is 0.775. The van der Waals surface area contributed by atoms with Crippen molar-refractivity contribution in [2.75, 3.05) is 63.4 Å². The number of esters is 3. The van der Waals surface area contributed by atoms with Crippen molar-refractivity contribution in [3.63, 3.8) is 0 Å². The summed E-state index contributed by atoms with van der Waals surface area (Å²) in [4.78, 5) is 56.9.